The van der Waals surface area contributed by atoms with E-state index in [9.17, 15) is 4.79 Å². The van der Waals surface area contributed by atoms with Crippen molar-refractivity contribution in [1.29, 1.82) is 5.26 Å². The maximum atomic E-state index is 11.4. The molecule has 0 unspecified atom stereocenters. The summed E-state index contributed by atoms with van der Waals surface area (Å²) in [4.78, 5) is 11.4. The van der Waals surface area contributed by atoms with Crippen LogP contribution in [0.25, 0.3) is 0 Å². The summed E-state index contributed by atoms with van der Waals surface area (Å²) in [7, 11) is 0. The van der Waals surface area contributed by atoms with E-state index in [1.165, 1.54) is 11.8 Å². The highest BCUT2D eigenvalue weighted by atomic mass is 32.2. The first kappa shape index (κ1) is 13.8. The first-order valence-corrected chi connectivity index (χ1v) is 6.68. The summed E-state index contributed by atoms with van der Waals surface area (Å²) >= 11 is 1.52. The van der Waals surface area contributed by atoms with Gasteiger partial charge in [0.15, 0.2) is 5.16 Å². The smallest absolute Gasteiger partial charge is 0.270 e. The minimum atomic E-state index is -0.320. The molecule has 0 amide bonds. The molecule has 1 aromatic heterocycles. The molecule has 1 rings (SSSR count). The van der Waals surface area contributed by atoms with E-state index in [4.69, 9.17) is 5.26 Å². The van der Waals surface area contributed by atoms with Crippen LogP contribution in [0.15, 0.2) is 9.95 Å². The summed E-state index contributed by atoms with van der Waals surface area (Å²) in [5.41, 5.74) is -0.479. The number of hydrogen-bond acceptors (Lipinski definition) is 4. The fourth-order valence-electron chi connectivity index (χ4n) is 1.29. The Bertz CT molecular complexity index is 455. The van der Waals surface area contributed by atoms with Gasteiger partial charge in [-0.05, 0) is 26.7 Å². The fraction of sp³-hybridized carbons (Fsp3) is 0.727. The first-order chi connectivity index (χ1) is 8.00. The van der Waals surface area contributed by atoms with Crippen molar-refractivity contribution in [2.75, 3.05) is 5.75 Å². The standard InChI is InChI=1S/C11H18N4OS/c1-4-6-15-9(16)13-14-10(15)17-7-5-11(2,3)8-12/h4-7H2,1-3H3,(H,13,16). The summed E-state index contributed by atoms with van der Waals surface area (Å²) in [5, 5.41) is 16.1. The van der Waals surface area contributed by atoms with Crippen molar-refractivity contribution < 1.29 is 0 Å². The lowest BCUT2D eigenvalue weighted by Crippen LogP contribution is -2.17. The number of hydrogen-bond donors (Lipinski definition) is 1. The van der Waals surface area contributed by atoms with Crippen LogP contribution in [-0.2, 0) is 6.54 Å². The maximum absolute atomic E-state index is 11.4. The quantitative estimate of drug-likeness (QED) is 0.788. The Kier molecular flexibility index (Phi) is 4.82. The molecule has 17 heavy (non-hydrogen) atoms. The number of thioether (sulfide) groups is 1. The molecule has 1 N–H and O–H groups in total. The maximum Gasteiger partial charge on any atom is 0.343 e. The van der Waals surface area contributed by atoms with E-state index in [2.05, 4.69) is 16.3 Å². The van der Waals surface area contributed by atoms with Crippen molar-refractivity contribution in [1.82, 2.24) is 14.8 Å². The molecule has 0 saturated carbocycles. The van der Waals surface area contributed by atoms with E-state index < -0.39 is 0 Å². The largest absolute Gasteiger partial charge is 0.343 e. The Morgan fingerprint density at radius 1 is 1.59 bits per heavy atom. The van der Waals surface area contributed by atoms with Crippen LogP contribution in [0.3, 0.4) is 0 Å². The Labute approximate surface area is 105 Å². The lowest BCUT2D eigenvalue weighted by atomic mass is 9.93. The number of nitriles is 1. The number of rotatable bonds is 6. The van der Waals surface area contributed by atoms with Gasteiger partial charge in [-0.3, -0.25) is 4.57 Å². The monoisotopic (exact) mass is 254 g/mol. The molecule has 0 bridgehead atoms. The van der Waals surface area contributed by atoms with Crippen LogP contribution in [0, 0.1) is 16.7 Å². The average Bonchev–Trinajstić information content (AvgIpc) is 2.62. The number of H-pyrrole nitrogens is 1. The molecule has 0 spiro atoms. The molecule has 0 radical (unpaired) electrons. The van der Waals surface area contributed by atoms with Crippen molar-refractivity contribution in [3.05, 3.63) is 10.5 Å². The molecule has 94 valence electrons. The lowest BCUT2D eigenvalue weighted by molar-refractivity contribution is 0.481. The summed E-state index contributed by atoms with van der Waals surface area (Å²) in [5.74, 6) is 0.786. The molecule has 0 aliphatic heterocycles. The van der Waals surface area contributed by atoms with Crippen LogP contribution >= 0.6 is 11.8 Å². The Balaban J connectivity index is 2.59. The van der Waals surface area contributed by atoms with Crippen LogP contribution in [0.5, 0.6) is 0 Å². The second-order valence-electron chi connectivity index (χ2n) is 4.56. The minimum absolute atomic E-state index is 0.158. The topological polar surface area (TPSA) is 74.5 Å². The molecule has 5 nitrogen and oxygen atoms in total. The summed E-state index contributed by atoms with van der Waals surface area (Å²) < 4.78 is 1.64. The third-order valence-corrected chi connectivity index (χ3v) is 3.41. The van der Waals surface area contributed by atoms with Crippen LogP contribution in [-0.4, -0.2) is 20.5 Å². The summed E-state index contributed by atoms with van der Waals surface area (Å²) in [6.07, 6.45) is 1.68. The first-order valence-electron chi connectivity index (χ1n) is 5.69. The minimum Gasteiger partial charge on any atom is -0.270 e. The van der Waals surface area contributed by atoms with Crippen LogP contribution in [0.4, 0.5) is 0 Å². The van der Waals surface area contributed by atoms with Crippen LogP contribution in [0.1, 0.15) is 33.6 Å². The highest BCUT2D eigenvalue weighted by molar-refractivity contribution is 7.99. The molecule has 0 saturated heterocycles. The predicted molar refractivity (Wildman–Crippen MR) is 67.9 cm³/mol. The molecule has 0 fully saturated rings. The SMILES string of the molecule is CCCn1c(SCCC(C)(C)C#N)n[nH]c1=O. The number of nitrogens with zero attached hydrogens (tertiary/aromatic N) is 3. The molecule has 0 aliphatic rings. The van der Waals surface area contributed by atoms with E-state index in [0.717, 1.165) is 18.6 Å². The van der Waals surface area contributed by atoms with Gasteiger partial charge in [0.25, 0.3) is 0 Å². The Hall–Kier alpha value is -1.22. The highest BCUT2D eigenvalue weighted by Gasteiger charge is 2.17. The van der Waals surface area contributed by atoms with Gasteiger partial charge in [0, 0.05) is 12.3 Å². The summed E-state index contributed by atoms with van der Waals surface area (Å²) in [6.45, 7) is 6.53. The van der Waals surface area contributed by atoms with Gasteiger partial charge >= 0.3 is 5.69 Å². The molecule has 6 heteroatoms. The van der Waals surface area contributed by atoms with Gasteiger partial charge in [0.1, 0.15) is 0 Å². The molecular weight excluding hydrogens is 236 g/mol. The van der Waals surface area contributed by atoms with Gasteiger partial charge in [0.2, 0.25) is 0 Å². The van der Waals surface area contributed by atoms with Gasteiger partial charge in [-0.25, -0.2) is 9.89 Å². The molecular formula is C11H18N4OS. The Morgan fingerprint density at radius 3 is 2.88 bits per heavy atom. The van der Waals surface area contributed by atoms with E-state index in [0.29, 0.717) is 11.7 Å². The van der Waals surface area contributed by atoms with Crippen molar-refractivity contribution in [2.45, 2.75) is 45.3 Å². The van der Waals surface area contributed by atoms with E-state index >= 15 is 0 Å². The highest BCUT2D eigenvalue weighted by Crippen LogP contribution is 2.24. The van der Waals surface area contributed by atoms with Crippen molar-refractivity contribution >= 4 is 11.8 Å². The normalized spacial score (nSPS) is 11.4. The number of aromatic nitrogens is 3. The molecule has 0 aromatic carbocycles. The van der Waals surface area contributed by atoms with Crippen LogP contribution in [0.2, 0.25) is 0 Å². The van der Waals surface area contributed by atoms with E-state index in [1.54, 1.807) is 4.57 Å². The lowest BCUT2D eigenvalue weighted by Gasteiger charge is -2.13. The number of nitrogens with one attached hydrogen (secondary N) is 1. The zero-order chi connectivity index (χ0) is 12.9. The van der Waals surface area contributed by atoms with Crippen molar-refractivity contribution in [2.24, 2.45) is 5.41 Å². The molecule has 1 aromatic rings. The van der Waals surface area contributed by atoms with Gasteiger partial charge in [-0.2, -0.15) is 5.26 Å². The number of aromatic amines is 1. The van der Waals surface area contributed by atoms with Gasteiger partial charge in [-0.15, -0.1) is 5.10 Å². The van der Waals surface area contributed by atoms with Gasteiger partial charge in [-0.1, -0.05) is 18.7 Å². The Morgan fingerprint density at radius 2 is 2.29 bits per heavy atom. The second-order valence-corrected chi connectivity index (χ2v) is 5.62. The zero-order valence-corrected chi connectivity index (χ0v) is 11.3. The fourth-order valence-corrected chi connectivity index (χ4v) is 2.52. The van der Waals surface area contributed by atoms with Gasteiger partial charge in [0.05, 0.1) is 11.5 Å². The third kappa shape index (κ3) is 3.93. The van der Waals surface area contributed by atoms with Crippen molar-refractivity contribution in [3.63, 3.8) is 0 Å². The van der Waals surface area contributed by atoms with Crippen molar-refractivity contribution in [3.8, 4) is 6.07 Å². The second kappa shape index (κ2) is 5.92. The predicted octanol–water partition coefficient (Wildman–Crippen LogP) is 2.01. The third-order valence-electron chi connectivity index (χ3n) is 2.43. The molecule has 0 aliphatic carbocycles. The van der Waals surface area contributed by atoms with Crippen LogP contribution < -0.4 is 5.69 Å². The molecule has 0 atom stereocenters. The van der Waals surface area contributed by atoms with E-state index in [1.807, 2.05) is 20.8 Å². The average molecular weight is 254 g/mol. The zero-order valence-electron chi connectivity index (χ0n) is 10.5. The summed E-state index contributed by atoms with van der Waals surface area (Å²) in [6, 6.07) is 2.26. The molecule has 1 heterocycles. The van der Waals surface area contributed by atoms with Gasteiger partial charge < -0.3 is 0 Å². The van der Waals surface area contributed by atoms with E-state index in [-0.39, 0.29) is 11.1 Å².